The van der Waals surface area contributed by atoms with Gasteiger partial charge in [0, 0.05) is 36.4 Å². The van der Waals surface area contributed by atoms with Crippen LogP contribution in [0, 0.1) is 0 Å². The van der Waals surface area contributed by atoms with Crippen molar-refractivity contribution in [2.24, 2.45) is 0 Å². The van der Waals surface area contributed by atoms with Gasteiger partial charge in [-0.05, 0) is 17.6 Å². The van der Waals surface area contributed by atoms with Crippen molar-refractivity contribution in [1.82, 2.24) is 13.9 Å². The van der Waals surface area contributed by atoms with Crippen molar-refractivity contribution in [1.29, 1.82) is 0 Å². The van der Waals surface area contributed by atoms with E-state index >= 15 is 0 Å². The number of rotatable bonds is 3. The Morgan fingerprint density at radius 3 is 3.00 bits per heavy atom. The zero-order valence-electron chi connectivity index (χ0n) is 7.05. The maximum Gasteiger partial charge on any atom is 0.200 e. The second-order valence-corrected chi connectivity index (χ2v) is 3.63. The van der Waals surface area contributed by atoms with E-state index in [0.717, 1.165) is 13.0 Å². The fraction of sp³-hybridized carbons (Fsp3) is 0.250. The summed E-state index contributed by atoms with van der Waals surface area (Å²) >= 11 is 1.53. The molecule has 68 valence electrons. The van der Waals surface area contributed by atoms with Gasteiger partial charge >= 0.3 is 0 Å². The third kappa shape index (κ3) is 1.86. The van der Waals surface area contributed by atoms with E-state index in [1.54, 1.807) is 6.20 Å². The van der Waals surface area contributed by atoms with Crippen LogP contribution in [0.2, 0.25) is 0 Å². The van der Waals surface area contributed by atoms with Crippen molar-refractivity contribution < 1.29 is 0 Å². The standard InChI is InChI=1S/C8H10N4S/c9-8-10-4-6-12(8)5-2-7-1-3-11-13-7/h1,3-4,6H,2,5H2,(H2,9,10). The van der Waals surface area contributed by atoms with Gasteiger partial charge in [-0.25, -0.2) is 9.36 Å². The van der Waals surface area contributed by atoms with Gasteiger partial charge in [-0.15, -0.1) is 0 Å². The van der Waals surface area contributed by atoms with Crippen LogP contribution in [-0.4, -0.2) is 13.9 Å². The molecular weight excluding hydrogens is 184 g/mol. The molecule has 0 unspecified atom stereocenters. The first-order valence-corrected chi connectivity index (χ1v) is 4.80. The normalized spacial score (nSPS) is 10.5. The number of anilines is 1. The minimum atomic E-state index is 0.574. The molecule has 0 aliphatic rings. The van der Waals surface area contributed by atoms with Crippen LogP contribution in [0.4, 0.5) is 5.95 Å². The Hall–Kier alpha value is -1.36. The lowest BCUT2D eigenvalue weighted by Crippen LogP contribution is -2.03. The zero-order valence-corrected chi connectivity index (χ0v) is 7.87. The van der Waals surface area contributed by atoms with E-state index in [0.29, 0.717) is 5.95 Å². The molecule has 0 aromatic carbocycles. The molecule has 0 aliphatic heterocycles. The van der Waals surface area contributed by atoms with E-state index in [4.69, 9.17) is 5.73 Å². The van der Waals surface area contributed by atoms with Crippen LogP contribution in [0.15, 0.2) is 24.7 Å². The van der Waals surface area contributed by atoms with Crippen LogP contribution in [0.5, 0.6) is 0 Å². The molecular formula is C8H10N4S. The average molecular weight is 194 g/mol. The van der Waals surface area contributed by atoms with Crippen molar-refractivity contribution in [2.75, 3.05) is 5.73 Å². The third-order valence-corrected chi connectivity index (χ3v) is 2.64. The Bertz CT molecular complexity index is 365. The maximum absolute atomic E-state index is 5.62. The number of nitrogen functional groups attached to an aromatic ring is 1. The quantitative estimate of drug-likeness (QED) is 0.797. The van der Waals surface area contributed by atoms with Crippen LogP contribution in [0.25, 0.3) is 0 Å². The first-order valence-electron chi connectivity index (χ1n) is 4.02. The highest BCUT2D eigenvalue weighted by atomic mass is 32.1. The molecule has 2 N–H and O–H groups in total. The molecule has 0 fully saturated rings. The zero-order chi connectivity index (χ0) is 9.10. The van der Waals surface area contributed by atoms with Gasteiger partial charge in [0.1, 0.15) is 0 Å². The topological polar surface area (TPSA) is 56.7 Å². The molecule has 5 heteroatoms. The lowest BCUT2D eigenvalue weighted by atomic mass is 10.3. The SMILES string of the molecule is Nc1nccn1CCc1ccns1. The van der Waals surface area contributed by atoms with Gasteiger partial charge in [-0.3, -0.25) is 0 Å². The highest BCUT2D eigenvalue weighted by Gasteiger charge is 1.98. The molecule has 0 saturated carbocycles. The van der Waals surface area contributed by atoms with E-state index in [-0.39, 0.29) is 0 Å². The second-order valence-electron chi connectivity index (χ2n) is 2.71. The van der Waals surface area contributed by atoms with E-state index in [1.165, 1.54) is 16.4 Å². The molecule has 0 bridgehead atoms. The molecule has 2 rings (SSSR count). The highest BCUT2D eigenvalue weighted by Crippen LogP contribution is 2.08. The van der Waals surface area contributed by atoms with Gasteiger partial charge in [0.15, 0.2) is 5.95 Å². The Labute approximate surface area is 80.2 Å². The lowest BCUT2D eigenvalue weighted by Gasteiger charge is -2.01. The van der Waals surface area contributed by atoms with Crippen LogP contribution in [0.1, 0.15) is 4.88 Å². The van der Waals surface area contributed by atoms with Crippen LogP contribution in [-0.2, 0) is 13.0 Å². The van der Waals surface area contributed by atoms with E-state index in [2.05, 4.69) is 9.36 Å². The molecule has 2 heterocycles. The van der Waals surface area contributed by atoms with E-state index < -0.39 is 0 Å². The minimum Gasteiger partial charge on any atom is -0.369 e. The summed E-state index contributed by atoms with van der Waals surface area (Å²) in [5.74, 6) is 0.574. The number of hydrogen-bond donors (Lipinski definition) is 1. The summed E-state index contributed by atoms with van der Waals surface area (Å²) in [5.41, 5.74) is 5.62. The third-order valence-electron chi connectivity index (χ3n) is 1.84. The number of aryl methyl sites for hydroxylation is 2. The van der Waals surface area contributed by atoms with E-state index in [9.17, 15) is 0 Å². The van der Waals surface area contributed by atoms with Crippen molar-refractivity contribution in [3.63, 3.8) is 0 Å². The Balaban J connectivity index is 1.97. The van der Waals surface area contributed by atoms with Crippen LogP contribution in [0.3, 0.4) is 0 Å². The van der Waals surface area contributed by atoms with Crippen LogP contribution >= 0.6 is 11.5 Å². The largest absolute Gasteiger partial charge is 0.369 e. The molecule has 0 amide bonds. The second kappa shape index (κ2) is 3.57. The molecule has 0 saturated heterocycles. The van der Waals surface area contributed by atoms with Gasteiger partial charge in [0.2, 0.25) is 0 Å². The summed E-state index contributed by atoms with van der Waals surface area (Å²) < 4.78 is 5.96. The maximum atomic E-state index is 5.62. The molecule has 2 aromatic rings. The first-order chi connectivity index (χ1) is 6.36. The molecule has 13 heavy (non-hydrogen) atoms. The summed E-state index contributed by atoms with van der Waals surface area (Å²) in [4.78, 5) is 5.22. The van der Waals surface area contributed by atoms with Gasteiger partial charge < -0.3 is 10.3 Å². The summed E-state index contributed by atoms with van der Waals surface area (Å²) in [6, 6.07) is 2.03. The molecule has 0 aliphatic carbocycles. The van der Waals surface area contributed by atoms with Crippen molar-refractivity contribution >= 4 is 17.5 Å². The predicted molar refractivity (Wildman–Crippen MR) is 52.5 cm³/mol. The number of aromatic nitrogens is 3. The molecule has 0 radical (unpaired) electrons. The fourth-order valence-electron chi connectivity index (χ4n) is 1.13. The van der Waals surface area contributed by atoms with E-state index in [1.807, 2.05) is 23.0 Å². The minimum absolute atomic E-state index is 0.574. The van der Waals surface area contributed by atoms with Gasteiger partial charge in [-0.1, -0.05) is 0 Å². The average Bonchev–Trinajstić information content (AvgIpc) is 2.72. The van der Waals surface area contributed by atoms with Crippen molar-refractivity contribution in [3.8, 4) is 0 Å². The summed E-state index contributed by atoms with van der Waals surface area (Å²) in [6.45, 7) is 0.869. The molecule has 2 aromatic heterocycles. The van der Waals surface area contributed by atoms with Crippen LogP contribution < -0.4 is 5.73 Å². The van der Waals surface area contributed by atoms with Gasteiger partial charge in [0.25, 0.3) is 0 Å². The number of imidazole rings is 1. The Morgan fingerprint density at radius 1 is 1.46 bits per heavy atom. The lowest BCUT2D eigenvalue weighted by molar-refractivity contribution is 0.712. The summed E-state index contributed by atoms with van der Waals surface area (Å²) in [6.07, 6.45) is 6.38. The fourth-order valence-corrected chi connectivity index (χ4v) is 1.69. The highest BCUT2D eigenvalue weighted by molar-refractivity contribution is 7.05. The van der Waals surface area contributed by atoms with Gasteiger partial charge in [0.05, 0.1) is 0 Å². The van der Waals surface area contributed by atoms with Crippen molar-refractivity contribution in [2.45, 2.75) is 13.0 Å². The monoisotopic (exact) mass is 194 g/mol. The number of nitrogens with zero attached hydrogens (tertiary/aromatic N) is 3. The van der Waals surface area contributed by atoms with Gasteiger partial charge in [-0.2, -0.15) is 0 Å². The van der Waals surface area contributed by atoms with Crippen molar-refractivity contribution in [3.05, 3.63) is 29.5 Å². The number of hydrogen-bond acceptors (Lipinski definition) is 4. The summed E-state index contributed by atoms with van der Waals surface area (Å²) in [5, 5.41) is 0. The Morgan fingerprint density at radius 2 is 2.38 bits per heavy atom. The molecule has 0 atom stereocenters. The predicted octanol–water partition coefficient (Wildman–Crippen LogP) is 1.16. The smallest absolute Gasteiger partial charge is 0.200 e. The summed E-state index contributed by atoms with van der Waals surface area (Å²) in [7, 11) is 0. The molecule has 0 spiro atoms. The first kappa shape index (κ1) is 8.25. The number of nitrogens with two attached hydrogens (primary N) is 1. The Kier molecular flexibility index (Phi) is 2.27. The molecule has 4 nitrogen and oxygen atoms in total.